The summed E-state index contributed by atoms with van der Waals surface area (Å²) in [6.07, 6.45) is 1.58. The molecule has 0 radical (unpaired) electrons. The lowest BCUT2D eigenvalue weighted by molar-refractivity contribution is -0.127. The van der Waals surface area contributed by atoms with Crippen molar-refractivity contribution in [2.24, 2.45) is 5.92 Å². The largest absolute Gasteiger partial charge is 0.347 e. The van der Waals surface area contributed by atoms with E-state index in [1.165, 1.54) is 0 Å². The van der Waals surface area contributed by atoms with Crippen LogP contribution in [0.15, 0.2) is 18.2 Å². The molecule has 2 amide bonds. The molecule has 1 aromatic carbocycles. The van der Waals surface area contributed by atoms with Crippen LogP contribution in [-0.2, 0) is 9.59 Å². The van der Waals surface area contributed by atoms with Crippen LogP contribution >= 0.6 is 0 Å². The Morgan fingerprint density at radius 3 is 1.88 bits per heavy atom. The van der Waals surface area contributed by atoms with Gasteiger partial charge in [0.05, 0.1) is 6.54 Å². The van der Waals surface area contributed by atoms with Crippen LogP contribution in [-0.4, -0.2) is 18.4 Å². The van der Waals surface area contributed by atoms with Crippen molar-refractivity contribution >= 4 is 17.5 Å². The highest BCUT2D eigenvalue weighted by atomic mass is 16.2. The second-order valence-corrected chi connectivity index (χ2v) is 6.90. The fraction of sp³-hybridized carbons (Fsp3) is 0.600. The molecule has 24 heavy (non-hydrogen) atoms. The van der Waals surface area contributed by atoms with Gasteiger partial charge < -0.3 is 10.6 Å². The van der Waals surface area contributed by atoms with E-state index in [9.17, 15) is 9.59 Å². The lowest BCUT2D eigenvalue weighted by atomic mass is 9.92. The Labute approximate surface area is 146 Å². The summed E-state index contributed by atoms with van der Waals surface area (Å²) in [6, 6.07) is 6.14. The van der Waals surface area contributed by atoms with Crippen molar-refractivity contribution in [2.45, 2.75) is 66.2 Å². The van der Waals surface area contributed by atoms with Gasteiger partial charge in [0, 0.05) is 11.6 Å². The van der Waals surface area contributed by atoms with Gasteiger partial charge in [-0.2, -0.15) is 0 Å². The SMILES string of the molecule is CCC(CC)C(=O)NCC(=O)Nc1c(C(C)C)cccc1C(C)C. The summed E-state index contributed by atoms with van der Waals surface area (Å²) in [5.41, 5.74) is 3.14. The summed E-state index contributed by atoms with van der Waals surface area (Å²) in [4.78, 5) is 24.4. The van der Waals surface area contributed by atoms with Gasteiger partial charge in [-0.15, -0.1) is 0 Å². The number of carbonyl (C=O) groups excluding carboxylic acids is 2. The molecule has 0 fully saturated rings. The zero-order chi connectivity index (χ0) is 18.3. The Morgan fingerprint density at radius 2 is 1.46 bits per heavy atom. The fourth-order valence-corrected chi connectivity index (χ4v) is 2.85. The summed E-state index contributed by atoms with van der Waals surface area (Å²) in [7, 11) is 0. The molecule has 134 valence electrons. The molecule has 0 aliphatic heterocycles. The molecule has 0 atom stereocenters. The number of hydrogen-bond donors (Lipinski definition) is 2. The number of anilines is 1. The Kier molecular flexibility index (Phi) is 7.96. The lowest BCUT2D eigenvalue weighted by Crippen LogP contribution is -2.36. The van der Waals surface area contributed by atoms with Gasteiger partial charge >= 0.3 is 0 Å². The molecule has 0 heterocycles. The van der Waals surface area contributed by atoms with Gasteiger partial charge in [-0.25, -0.2) is 0 Å². The van der Waals surface area contributed by atoms with Crippen molar-refractivity contribution in [3.63, 3.8) is 0 Å². The molecule has 0 saturated heterocycles. The van der Waals surface area contributed by atoms with E-state index in [4.69, 9.17) is 0 Å². The normalized spacial score (nSPS) is 11.2. The number of carbonyl (C=O) groups is 2. The second-order valence-electron chi connectivity index (χ2n) is 6.90. The molecule has 0 aliphatic carbocycles. The Hall–Kier alpha value is -1.84. The molecule has 4 heteroatoms. The molecule has 2 N–H and O–H groups in total. The van der Waals surface area contributed by atoms with Gasteiger partial charge in [-0.1, -0.05) is 59.7 Å². The highest BCUT2D eigenvalue weighted by molar-refractivity contribution is 5.96. The van der Waals surface area contributed by atoms with Crippen LogP contribution in [0.25, 0.3) is 0 Å². The number of para-hydroxylation sites is 1. The lowest BCUT2D eigenvalue weighted by Gasteiger charge is -2.20. The molecule has 1 rings (SSSR count). The number of nitrogens with one attached hydrogen (secondary N) is 2. The predicted octanol–water partition coefficient (Wildman–Crippen LogP) is 4.42. The molecule has 0 spiro atoms. The molecule has 1 aromatic rings. The second kappa shape index (κ2) is 9.45. The maximum absolute atomic E-state index is 12.3. The third-order valence-corrected chi connectivity index (χ3v) is 4.42. The Morgan fingerprint density at radius 1 is 0.958 bits per heavy atom. The van der Waals surface area contributed by atoms with Crippen LogP contribution < -0.4 is 10.6 Å². The van der Waals surface area contributed by atoms with Gasteiger partial charge in [-0.3, -0.25) is 9.59 Å². The minimum Gasteiger partial charge on any atom is -0.347 e. The van der Waals surface area contributed by atoms with Gasteiger partial charge in [0.25, 0.3) is 0 Å². The van der Waals surface area contributed by atoms with Gasteiger partial charge in [0.1, 0.15) is 0 Å². The standard InChI is InChI=1S/C20H32N2O2/c1-7-15(8-2)20(24)21-12-18(23)22-19-16(13(3)4)10-9-11-17(19)14(5)6/h9-11,13-15H,7-8,12H2,1-6H3,(H,21,24)(H,22,23). The highest BCUT2D eigenvalue weighted by Gasteiger charge is 2.18. The maximum Gasteiger partial charge on any atom is 0.243 e. The van der Waals surface area contributed by atoms with E-state index in [0.29, 0.717) is 11.8 Å². The van der Waals surface area contributed by atoms with Gasteiger partial charge in [0.2, 0.25) is 11.8 Å². The van der Waals surface area contributed by atoms with Crippen LogP contribution in [0, 0.1) is 5.92 Å². The van der Waals surface area contributed by atoms with Crippen molar-refractivity contribution < 1.29 is 9.59 Å². The topological polar surface area (TPSA) is 58.2 Å². The van der Waals surface area contributed by atoms with Crippen molar-refractivity contribution in [3.05, 3.63) is 29.3 Å². The van der Waals surface area contributed by atoms with E-state index >= 15 is 0 Å². The summed E-state index contributed by atoms with van der Waals surface area (Å²) >= 11 is 0. The van der Waals surface area contributed by atoms with Crippen molar-refractivity contribution in [2.75, 3.05) is 11.9 Å². The molecule has 0 bridgehead atoms. The van der Waals surface area contributed by atoms with E-state index in [1.807, 2.05) is 19.9 Å². The van der Waals surface area contributed by atoms with Gasteiger partial charge in [-0.05, 0) is 35.8 Å². The van der Waals surface area contributed by atoms with Crippen molar-refractivity contribution in [3.8, 4) is 0 Å². The van der Waals surface area contributed by atoms with E-state index in [-0.39, 0.29) is 24.3 Å². The minimum absolute atomic E-state index is 0.0132. The van der Waals surface area contributed by atoms with Crippen molar-refractivity contribution in [1.29, 1.82) is 0 Å². The molecular formula is C20H32N2O2. The maximum atomic E-state index is 12.3. The first kappa shape index (κ1) is 20.2. The van der Waals surface area contributed by atoms with Gasteiger partial charge in [0.15, 0.2) is 0 Å². The molecular weight excluding hydrogens is 300 g/mol. The average Bonchev–Trinajstić information content (AvgIpc) is 2.53. The molecule has 0 aromatic heterocycles. The first-order valence-electron chi connectivity index (χ1n) is 9.02. The first-order valence-corrected chi connectivity index (χ1v) is 9.02. The van der Waals surface area contributed by atoms with Crippen LogP contribution in [0.2, 0.25) is 0 Å². The third kappa shape index (κ3) is 5.36. The third-order valence-electron chi connectivity index (χ3n) is 4.42. The quantitative estimate of drug-likeness (QED) is 0.740. The number of rotatable bonds is 8. The van der Waals surface area contributed by atoms with Crippen LogP contribution in [0.4, 0.5) is 5.69 Å². The molecule has 4 nitrogen and oxygen atoms in total. The zero-order valence-corrected chi connectivity index (χ0v) is 15.9. The number of benzene rings is 1. The van der Waals surface area contributed by atoms with E-state index in [0.717, 1.165) is 29.7 Å². The Balaban J connectivity index is 2.85. The minimum atomic E-state index is -0.177. The molecule has 0 saturated carbocycles. The summed E-state index contributed by atoms with van der Waals surface area (Å²) in [6.45, 7) is 12.4. The van der Waals surface area contributed by atoms with Crippen molar-refractivity contribution in [1.82, 2.24) is 5.32 Å². The van der Waals surface area contributed by atoms with Crippen LogP contribution in [0.3, 0.4) is 0 Å². The van der Waals surface area contributed by atoms with E-state index in [2.05, 4.69) is 50.5 Å². The fourth-order valence-electron chi connectivity index (χ4n) is 2.85. The summed E-state index contributed by atoms with van der Waals surface area (Å²) in [5.74, 6) is 0.393. The smallest absolute Gasteiger partial charge is 0.243 e. The summed E-state index contributed by atoms with van der Waals surface area (Å²) < 4.78 is 0. The molecule has 0 aliphatic rings. The Bertz CT molecular complexity index is 535. The number of hydrogen-bond acceptors (Lipinski definition) is 2. The van der Waals surface area contributed by atoms with E-state index < -0.39 is 0 Å². The van der Waals surface area contributed by atoms with Crippen LogP contribution in [0.5, 0.6) is 0 Å². The van der Waals surface area contributed by atoms with Crippen LogP contribution in [0.1, 0.15) is 77.3 Å². The zero-order valence-electron chi connectivity index (χ0n) is 15.9. The first-order chi connectivity index (χ1) is 11.3. The van der Waals surface area contributed by atoms with E-state index in [1.54, 1.807) is 0 Å². The number of amides is 2. The summed E-state index contributed by atoms with van der Waals surface area (Å²) in [5, 5.41) is 5.77. The predicted molar refractivity (Wildman–Crippen MR) is 100 cm³/mol. The average molecular weight is 332 g/mol. The molecule has 0 unspecified atom stereocenters. The highest BCUT2D eigenvalue weighted by Crippen LogP contribution is 2.32. The monoisotopic (exact) mass is 332 g/mol.